The first kappa shape index (κ1) is 20.9. The van der Waals surface area contributed by atoms with Gasteiger partial charge >= 0.3 is 6.03 Å². The van der Waals surface area contributed by atoms with E-state index in [0.29, 0.717) is 40.8 Å². The van der Waals surface area contributed by atoms with Gasteiger partial charge in [0.2, 0.25) is 5.95 Å². The summed E-state index contributed by atoms with van der Waals surface area (Å²) in [6.07, 6.45) is 3.64. The van der Waals surface area contributed by atoms with Gasteiger partial charge in [-0.25, -0.2) is 14.8 Å². The van der Waals surface area contributed by atoms with E-state index < -0.39 is 0 Å². The fraction of sp³-hybridized carbons (Fsp3) is 0.333. The average molecular weight is 442 g/mol. The Morgan fingerprint density at radius 3 is 2.68 bits per heavy atom. The minimum atomic E-state index is -0.159. The Labute approximate surface area is 185 Å². The number of methoxy groups -OCH3 is 1. The van der Waals surface area contributed by atoms with Gasteiger partial charge in [0.05, 0.1) is 42.8 Å². The highest BCUT2D eigenvalue weighted by molar-refractivity contribution is 6.33. The molecule has 4 rings (SSSR count). The SMILES string of the molecule is COc1cc(-c2nc(N)nc3c2CN(C(=O)NC(C)C)C3)c(Cl)cc1-c1cnn(C)c1. The van der Waals surface area contributed by atoms with Crippen molar-refractivity contribution in [2.75, 3.05) is 12.8 Å². The van der Waals surface area contributed by atoms with Gasteiger partial charge in [0.25, 0.3) is 0 Å². The molecule has 0 unspecified atom stereocenters. The number of hydrogen-bond donors (Lipinski definition) is 2. The van der Waals surface area contributed by atoms with Crippen molar-refractivity contribution in [3.05, 3.63) is 40.8 Å². The van der Waals surface area contributed by atoms with Crippen LogP contribution >= 0.6 is 11.6 Å². The second-order valence-electron chi connectivity index (χ2n) is 7.75. The second kappa shape index (κ2) is 8.07. The number of fused-ring (bicyclic) bond motifs is 1. The number of aryl methyl sites for hydroxylation is 1. The molecule has 0 bridgehead atoms. The molecule has 9 nitrogen and oxygen atoms in total. The first-order valence-electron chi connectivity index (χ1n) is 9.84. The van der Waals surface area contributed by atoms with Gasteiger partial charge in [-0.05, 0) is 26.0 Å². The molecule has 2 aromatic heterocycles. The van der Waals surface area contributed by atoms with Crippen molar-refractivity contribution in [2.24, 2.45) is 7.05 Å². The highest BCUT2D eigenvalue weighted by Crippen LogP contribution is 2.41. The molecule has 1 aromatic carbocycles. The van der Waals surface area contributed by atoms with Gasteiger partial charge in [0, 0.05) is 41.5 Å². The number of rotatable bonds is 4. The van der Waals surface area contributed by atoms with Crippen LogP contribution in [0.2, 0.25) is 5.02 Å². The molecule has 1 aliphatic heterocycles. The van der Waals surface area contributed by atoms with Crippen molar-refractivity contribution in [1.82, 2.24) is 30.0 Å². The quantitative estimate of drug-likeness (QED) is 0.643. The van der Waals surface area contributed by atoms with Gasteiger partial charge in [-0.1, -0.05) is 11.6 Å². The van der Waals surface area contributed by atoms with Crippen LogP contribution in [0, 0.1) is 0 Å². The van der Waals surface area contributed by atoms with Crippen molar-refractivity contribution in [2.45, 2.75) is 33.0 Å². The zero-order valence-corrected chi connectivity index (χ0v) is 18.6. The number of amides is 2. The number of nitrogens with one attached hydrogen (secondary N) is 1. The van der Waals surface area contributed by atoms with Crippen LogP contribution in [0.3, 0.4) is 0 Å². The summed E-state index contributed by atoms with van der Waals surface area (Å²) in [7, 11) is 3.45. The summed E-state index contributed by atoms with van der Waals surface area (Å²) in [6.45, 7) is 4.56. The molecule has 31 heavy (non-hydrogen) atoms. The molecular formula is C21H24ClN7O2. The van der Waals surface area contributed by atoms with Gasteiger partial charge < -0.3 is 20.7 Å². The zero-order valence-electron chi connectivity index (χ0n) is 17.8. The maximum Gasteiger partial charge on any atom is 0.318 e. The Morgan fingerprint density at radius 2 is 2.03 bits per heavy atom. The van der Waals surface area contributed by atoms with Crippen molar-refractivity contribution in [3.8, 4) is 28.1 Å². The lowest BCUT2D eigenvalue weighted by atomic mass is 10.0. The molecular weight excluding hydrogens is 418 g/mol. The highest BCUT2D eigenvalue weighted by atomic mass is 35.5. The van der Waals surface area contributed by atoms with Crippen LogP contribution in [0.1, 0.15) is 25.1 Å². The Kier molecular flexibility index (Phi) is 5.45. The molecule has 0 radical (unpaired) electrons. The third-order valence-electron chi connectivity index (χ3n) is 5.06. The van der Waals surface area contributed by atoms with E-state index in [0.717, 1.165) is 16.7 Å². The standard InChI is InChI=1S/C21H24ClN7O2/c1-11(2)25-21(30)29-9-15-17(10-29)26-20(23)27-19(15)14-6-18(31-4)13(5-16(14)22)12-7-24-28(3)8-12/h5-8,11H,9-10H2,1-4H3,(H,25,30)(H2,23,26,27). The zero-order chi connectivity index (χ0) is 22.3. The molecule has 1 aliphatic rings. The molecule has 3 N–H and O–H groups in total. The molecule has 0 atom stereocenters. The number of nitrogens with zero attached hydrogens (tertiary/aromatic N) is 5. The van der Waals surface area contributed by atoms with Crippen molar-refractivity contribution >= 4 is 23.6 Å². The average Bonchev–Trinajstić information content (AvgIpc) is 3.33. The molecule has 0 spiro atoms. The maximum absolute atomic E-state index is 12.5. The smallest absolute Gasteiger partial charge is 0.318 e. The number of anilines is 1. The molecule has 3 heterocycles. The lowest BCUT2D eigenvalue weighted by Crippen LogP contribution is -2.40. The first-order chi connectivity index (χ1) is 14.8. The summed E-state index contributed by atoms with van der Waals surface area (Å²) < 4.78 is 7.35. The van der Waals surface area contributed by atoms with Gasteiger partial charge in [0.15, 0.2) is 0 Å². The van der Waals surface area contributed by atoms with E-state index in [9.17, 15) is 4.79 Å². The number of halogens is 1. The van der Waals surface area contributed by atoms with E-state index in [-0.39, 0.29) is 18.0 Å². The Morgan fingerprint density at radius 1 is 1.26 bits per heavy atom. The van der Waals surface area contributed by atoms with Crippen LogP contribution in [0.15, 0.2) is 24.5 Å². The summed E-state index contributed by atoms with van der Waals surface area (Å²) in [5.74, 6) is 0.761. The lowest BCUT2D eigenvalue weighted by molar-refractivity contribution is 0.195. The number of aromatic nitrogens is 4. The van der Waals surface area contributed by atoms with Crippen molar-refractivity contribution in [1.29, 1.82) is 0 Å². The number of carbonyl (C=O) groups is 1. The summed E-state index contributed by atoms with van der Waals surface area (Å²) in [5.41, 5.74) is 10.5. The molecule has 10 heteroatoms. The monoisotopic (exact) mass is 441 g/mol. The summed E-state index contributed by atoms with van der Waals surface area (Å²) in [5, 5.41) is 7.62. The van der Waals surface area contributed by atoms with Crippen molar-refractivity contribution < 1.29 is 9.53 Å². The van der Waals surface area contributed by atoms with Crippen LogP contribution in [-0.4, -0.2) is 43.8 Å². The minimum Gasteiger partial charge on any atom is -0.496 e. The number of ether oxygens (including phenoxy) is 1. The molecule has 162 valence electrons. The molecule has 3 aromatic rings. The van der Waals surface area contributed by atoms with Gasteiger partial charge in [-0.2, -0.15) is 5.10 Å². The highest BCUT2D eigenvalue weighted by Gasteiger charge is 2.30. The summed E-state index contributed by atoms with van der Waals surface area (Å²) in [4.78, 5) is 23.0. The fourth-order valence-corrected chi connectivity index (χ4v) is 3.92. The second-order valence-corrected chi connectivity index (χ2v) is 8.16. The molecule has 0 aliphatic carbocycles. The van der Waals surface area contributed by atoms with Crippen LogP contribution in [0.4, 0.5) is 10.7 Å². The molecule has 0 fully saturated rings. The van der Waals surface area contributed by atoms with E-state index in [1.54, 1.807) is 22.9 Å². The number of hydrogen-bond acceptors (Lipinski definition) is 6. The van der Waals surface area contributed by atoms with E-state index in [2.05, 4.69) is 20.4 Å². The summed E-state index contributed by atoms with van der Waals surface area (Å²) >= 11 is 6.69. The first-order valence-corrected chi connectivity index (χ1v) is 10.2. The van der Waals surface area contributed by atoms with Crippen LogP contribution in [0.25, 0.3) is 22.4 Å². The predicted molar refractivity (Wildman–Crippen MR) is 119 cm³/mol. The van der Waals surface area contributed by atoms with Gasteiger partial charge in [0.1, 0.15) is 5.75 Å². The van der Waals surface area contributed by atoms with Gasteiger partial charge in [-0.15, -0.1) is 0 Å². The predicted octanol–water partition coefficient (Wildman–Crippen LogP) is 3.22. The van der Waals surface area contributed by atoms with E-state index in [1.165, 1.54) is 0 Å². The van der Waals surface area contributed by atoms with Crippen LogP contribution in [-0.2, 0) is 20.1 Å². The van der Waals surface area contributed by atoms with E-state index in [1.807, 2.05) is 39.2 Å². The topological polar surface area (TPSA) is 111 Å². The number of nitrogen functional groups attached to an aromatic ring is 1. The Balaban J connectivity index is 1.77. The van der Waals surface area contributed by atoms with Crippen LogP contribution in [0.5, 0.6) is 5.75 Å². The number of urea groups is 1. The third-order valence-corrected chi connectivity index (χ3v) is 5.37. The van der Waals surface area contributed by atoms with Crippen molar-refractivity contribution in [3.63, 3.8) is 0 Å². The maximum atomic E-state index is 12.5. The molecule has 0 saturated carbocycles. The Hall–Kier alpha value is -3.33. The van der Waals surface area contributed by atoms with Gasteiger partial charge in [-0.3, -0.25) is 4.68 Å². The number of carbonyl (C=O) groups excluding carboxylic acids is 1. The van der Waals surface area contributed by atoms with E-state index in [4.69, 9.17) is 22.1 Å². The minimum absolute atomic E-state index is 0.0329. The Bertz CT molecular complexity index is 1160. The summed E-state index contributed by atoms with van der Waals surface area (Å²) in [6, 6.07) is 3.54. The van der Waals surface area contributed by atoms with Crippen LogP contribution < -0.4 is 15.8 Å². The number of nitrogens with two attached hydrogens (primary N) is 1. The normalized spacial score (nSPS) is 12.9. The third kappa shape index (κ3) is 4.00. The largest absolute Gasteiger partial charge is 0.496 e. The number of benzene rings is 1. The molecule has 2 amide bonds. The lowest BCUT2D eigenvalue weighted by Gasteiger charge is -2.18. The van der Waals surface area contributed by atoms with E-state index >= 15 is 0 Å². The molecule has 0 saturated heterocycles. The fourth-order valence-electron chi connectivity index (χ4n) is 3.67.